The van der Waals surface area contributed by atoms with Crippen LogP contribution in [0.5, 0.6) is 0 Å². The third kappa shape index (κ3) is 4.58. The van der Waals surface area contributed by atoms with Gasteiger partial charge in [-0.3, -0.25) is 4.79 Å². The number of fused-ring (bicyclic) bond motifs is 3. The molecule has 0 radical (unpaired) electrons. The number of carbonyl (C=O) groups excluding carboxylic acids is 1. The number of hydrogen-bond acceptors (Lipinski definition) is 7. The van der Waals surface area contributed by atoms with Crippen LogP contribution in [0.2, 0.25) is 0 Å². The molecular weight excluding hydrogens is 448 g/mol. The molecule has 0 aliphatic carbocycles. The first-order valence-electron chi connectivity index (χ1n) is 11.7. The number of amides is 1. The Labute approximate surface area is 202 Å². The van der Waals surface area contributed by atoms with Crippen molar-refractivity contribution < 1.29 is 9.53 Å². The van der Waals surface area contributed by atoms with Gasteiger partial charge in [-0.05, 0) is 43.7 Å². The predicted octanol–water partition coefficient (Wildman–Crippen LogP) is 4.35. The monoisotopic (exact) mass is 476 g/mol. The second-order valence-electron chi connectivity index (χ2n) is 8.33. The zero-order valence-corrected chi connectivity index (χ0v) is 20.2. The number of ether oxygens (including phenoxy) is 1. The van der Waals surface area contributed by atoms with E-state index in [9.17, 15) is 4.79 Å². The van der Waals surface area contributed by atoms with E-state index in [-0.39, 0.29) is 11.2 Å². The molecule has 1 N–H and O–H groups in total. The number of benzene rings is 2. The molecule has 2 aromatic carbocycles. The topological polar surface area (TPSA) is 85.2 Å². The average molecular weight is 477 g/mol. The van der Waals surface area contributed by atoms with E-state index in [1.165, 1.54) is 11.8 Å². The summed E-state index contributed by atoms with van der Waals surface area (Å²) in [7, 11) is 0. The van der Waals surface area contributed by atoms with Crippen LogP contribution in [-0.2, 0) is 16.1 Å². The van der Waals surface area contributed by atoms with Crippen LogP contribution in [-0.4, -0.2) is 57.2 Å². The summed E-state index contributed by atoms with van der Waals surface area (Å²) in [6, 6.07) is 16.1. The van der Waals surface area contributed by atoms with Gasteiger partial charge in [0.1, 0.15) is 5.52 Å². The number of anilines is 2. The van der Waals surface area contributed by atoms with Gasteiger partial charge in [-0.2, -0.15) is 0 Å². The van der Waals surface area contributed by atoms with Crippen molar-refractivity contribution in [1.82, 2.24) is 19.7 Å². The zero-order chi connectivity index (χ0) is 23.5. The number of nitrogens with one attached hydrogen (secondary N) is 1. The van der Waals surface area contributed by atoms with Crippen molar-refractivity contribution in [2.75, 3.05) is 36.5 Å². The van der Waals surface area contributed by atoms with E-state index < -0.39 is 0 Å². The minimum absolute atomic E-state index is 0.0954. The first kappa shape index (κ1) is 22.6. The molecule has 4 aromatic rings. The SMILES string of the molecule is CCCn1c2ccccc2c2nnc(SC(C)C(=O)Nc3ccc(N4CCOCC4)cc3)nc21. The molecule has 1 fully saturated rings. The van der Waals surface area contributed by atoms with Gasteiger partial charge < -0.3 is 19.5 Å². The van der Waals surface area contributed by atoms with Crippen LogP contribution >= 0.6 is 11.8 Å². The van der Waals surface area contributed by atoms with Crippen molar-refractivity contribution in [3.8, 4) is 0 Å². The average Bonchev–Trinajstić information content (AvgIpc) is 3.18. The number of aryl methyl sites for hydroxylation is 1. The van der Waals surface area contributed by atoms with Gasteiger partial charge in [0.05, 0.1) is 24.0 Å². The number of para-hydroxylation sites is 1. The van der Waals surface area contributed by atoms with E-state index in [0.29, 0.717) is 5.16 Å². The molecule has 1 saturated heterocycles. The van der Waals surface area contributed by atoms with Gasteiger partial charge in [-0.15, -0.1) is 10.2 Å². The minimum atomic E-state index is -0.373. The van der Waals surface area contributed by atoms with Crippen molar-refractivity contribution in [2.24, 2.45) is 0 Å². The smallest absolute Gasteiger partial charge is 0.237 e. The molecule has 2 aromatic heterocycles. The van der Waals surface area contributed by atoms with E-state index in [0.717, 1.165) is 72.7 Å². The molecule has 0 spiro atoms. The first-order valence-corrected chi connectivity index (χ1v) is 12.5. The fraction of sp³-hybridized carbons (Fsp3) is 0.360. The lowest BCUT2D eigenvalue weighted by Crippen LogP contribution is -2.36. The number of thioether (sulfide) groups is 1. The number of aromatic nitrogens is 4. The van der Waals surface area contributed by atoms with Gasteiger partial charge in [-0.1, -0.05) is 36.9 Å². The van der Waals surface area contributed by atoms with Crippen LogP contribution in [0.3, 0.4) is 0 Å². The number of carbonyl (C=O) groups is 1. The Morgan fingerprint density at radius 3 is 2.65 bits per heavy atom. The Bertz CT molecular complexity index is 1300. The molecule has 34 heavy (non-hydrogen) atoms. The summed E-state index contributed by atoms with van der Waals surface area (Å²) in [5.41, 5.74) is 4.62. The van der Waals surface area contributed by atoms with Gasteiger partial charge >= 0.3 is 0 Å². The lowest BCUT2D eigenvalue weighted by Gasteiger charge is -2.28. The highest BCUT2D eigenvalue weighted by atomic mass is 32.2. The van der Waals surface area contributed by atoms with Crippen molar-refractivity contribution in [3.63, 3.8) is 0 Å². The molecule has 1 aliphatic rings. The van der Waals surface area contributed by atoms with Crippen molar-refractivity contribution >= 4 is 51.1 Å². The molecule has 1 aliphatic heterocycles. The van der Waals surface area contributed by atoms with Crippen LogP contribution in [0.15, 0.2) is 53.7 Å². The van der Waals surface area contributed by atoms with E-state index in [1.54, 1.807) is 0 Å². The molecule has 1 amide bonds. The maximum Gasteiger partial charge on any atom is 0.237 e. The van der Waals surface area contributed by atoms with Gasteiger partial charge in [-0.25, -0.2) is 4.98 Å². The summed E-state index contributed by atoms with van der Waals surface area (Å²) in [5.74, 6) is -0.0954. The van der Waals surface area contributed by atoms with E-state index in [2.05, 4.69) is 38.0 Å². The Kier molecular flexibility index (Phi) is 6.64. The number of morpholine rings is 1. The summed E-state index contributed by atoms with van der Waals surface area (Å²) in [6.45, 7) is 8.11. The lowest BCUT2D eigenvalue weighted by molar-refractivity contribution is -0.115. The molecule has 0 saturated carbocycles. The van der Waals surface area contributed by atoms with Crippen molar-refractivity contribution in [3.05, 3.63) is 48.5 Å². The van der Waals surface area contributed by atoms with Crippen molar-refractivity contribution in [2.45, 2.75) is 37.2 Å². The van der Waals surface area contributed by atoms with Crippen molar-refractivity contribution in [1.29, 1.82) is 0 Å². The van der Waals surface area contributed by atoms with Gasteiger partial charge in [0.15, 0.2) is 5.65 Å². The van der Waals surface area contributed by atoms with Crippen LogP contribution in [0.25, 0.3) is 22.1 Å². The Balaban J connectivity index is 1.29. The maximum atomic E-state index is 12.8. The maximum absolute atomic E-state index is 12.8. The molecule has 3 heterocycles. The molecule has 9 heteroatoms. The van der Waals surface area contributed by atoms with Crippen LogP contribution in [0.4, 0.5) is 11.4 Å². The number of nitrogens with zero attached hydrogens (tertiary/aromatic N) is 5. The Morgan fingerprint density at radius 1 is 1.12 bits per heavy atom. The zero-order valence-electron chi connectivity index (χ0n) is 19.4. The second kappa shape index (κ2) is 9.99. The lowest BCUT2D eigenvalue weighted by atomic mass is 10.2. The standard InChI is InChI=1S/C25H28N6O2S/c1-3-12-31-21-7-5-4-6-20(21)22-23(31)27-25(29-28-22)34-17(2)24(32)26-18-8-10-19(11-9-18)30-13-15-33-16-14-30/h4-11,17H,3,12-16H2,1-2H3,(H,26,32). The Morgan fingerprint density at radius 2 is 1.88 bits per heavy atom. The van der Waals surface area contributed by atoms with E-state index in [4.69, 9.17) is 9.72 Å². The minimum Gasteiger partial charge on any atom is -0.378 e. The molecular formula is C25H28N6O2S. The molecule has 5 rings (SSSR count). The van der Waals surface area contributed by atoms with Crippen LogP contribution in [0.1, 0.15) is 20.3 Å². The van der Waals surface area contributed by atoms with Gasteiger partial charge in [0.25, 0.3) is 0 Å². The quantitative estimate of drug-likeness (QED) is 0.397. The predicted molar refractivity (Wildman–Crippen MR) is 137 cm³/mol. The van der Waals surface area contributed by atoms with Crippen LogP contribution in [0, 0.1) is 0 Å². The van der Waals surface area contributed by atoms with Gasteiger partial charge in [0.2, 0.25) is 11.1 Å². The summed E-state index contributed by atoms with van der Waals surface area (Å²) in [4.78, 5) is 19.9. The third-order valence-electron chi connectivity index (χ3n) is 5.96. The van der Waals surface area contributed by atoms with Gasteiger partial charge in [0, 0.05) is 36.4 Å². The number of rotatable bonds is 7. The largest absolute Gasteiger partial charge is 0.378 e. The molecule has 1 atom stereocenters. The summed E-state index contributed by atoms with van der Waals surface area (Å²) in [6.07, 6.45) is 0.989. The fourth-order valence-electron chi connectivity index (χ4n) is 4.22. The molecule has 8 nitrogen and oxygen atoms in total. The highest BCUT2D eigenvalue weighted by Crippen LogP contribution is 2.29. The van der Waals surface area contributed by atoms with E-state index >= 15 is 0 Å². The van der Waals surface area contributed by atoms with Crippen LogP contribution < -0.4 is 10.2 Å². The summed E-state index contributed by atoms with van der Waals surface area (Å²) < 4.78 is 7.60. The Hall–Kier alpha value is -3.17. The fourth-order valence-corrected chi connectivity index (χ4v) is 4.93. The van der Waals surface area contributed by atoms with E-state index in [1.807, 2.05) is 49.4 Å². The highest BCUT2D eigenvalue weighted by Gasteiger charge is 2.20. The number of hydrogen-bond donors (Lipinski definition) is 1. The third-order valence-corrected chi connectivity index (χ3v) is 6.92. The second-order valence-corrected chi connectivity index (χ2v) is 9.64. The molecule has 176 valence electrons. The first-order chi connectivity index (χ1) is 16.6. The normalized spacial score (nSPS) is 15.1. The summed E-state index contributed by atoms with van der Waals surface area (Å²) in [5, 5.41) is 13.0. The summed E-state index contributed by atoms with van der Waals surface area (Å²) >= 11 is 1.32. The molecule has 1 unspecified atom stereocenters. The highest BCUT2D eigenvalue weighted by molar-refractivity contribution is 8.00. The molecule has 0 bridgehead atoms.